The molecule has 0 aliphatic rings. The van der Waals surface area contributed by atoms with Gasteiger partial charge in [-0.15, -0.1) is 0 Å². The van der Waals surface area contributed by atoms with Gasteiger partial charge in [-0.05, 0) is 0 Å². The van der Waals surface area contributed by atoms with Crippen molar-refractivity contribution in [2.24, 2.45) is 12.0 Å². The van der Waals surface area contributed by atoms with E-state index in [1.54, 1.807) is 31.9 Å². The summed E-state index contributed by atoms with van der Waals surface area (Å²) in [4.78, 5) is 24.5. The third-order valence-electron chi connectivity index (χ3n) is 2.52. The van der Waals surface area contributed by atoms with E-state index in [1.165, 1.54) is 10.9 Å². The van der Waals surface area contributed by atoms with Gasteiger partial charge < -0.3 is 0 Å². The van der Waals surface area contributed by atoms with E-state index in [9.17, 15) is 4.79 Å². The first-order valence-corrected chi connectivity index (χ1v) is 6.25. The Bertz CT molecular complexity index is 715. The molecule has 0 saturated heterocycles. The molecule has 0 amide bonds. The predicted octanol–water partition coefficient (Wildman–Crippen LogP) is -0.129. The molecule has 2 aromatic heterocycles. The number of hydrogen-bond acceptors (Lipinski definition) is 5. The molecule has 2 heterocycles. The van der Waals surface area contributed by atoms with Crippen LogP contribution in [0.5, 0.6) is 0 Å². The number of aryl methyl sites for hydroxylation is 1. The molecule has 0 aromatic carbocycles. The van der Waals surface area contributed by atoms with Gasteiger partial charge in [0.15, 0.2) is 0 Å². The summed E-state index contributed by atoms with van der Waals surface area (Å²) in [5.74, 6) is 0.448. The van der Waals surface area contributed by atoms with E-state index in [0.29, 0.717) is 21.5 Å². The van der Waals surface area contributed by atoms with Crippen LogP contribution in [-0.2, 0) is 35.3 Å². The average molecular weight is 298 g/mol. The average Bonchev–Trinajstić information content (AvgIpc) is 2.73. The standard InChI is InChI=1S/C11H13N5O2.V/c1-4-18-8(12-2)5-16-7-14-10-9(11(16)17)15(3)6-13-10;/h6-7H,5H2,1-3H3;. The van der Waals surface area contributed by atoms with E-state index in [2.05, 4.69) is 31.9 Å². The van der Waals surface area contributed by atoms with Crippen molar-refractivity contribution in [1.82, 2.24) is 19.1 Å². The molecule has 0 unspecified atom stereocenters. The Morgan fingerprint density at radius 3 is 2.79 bits per heavy atom. The fourth-order valence-electron chi connectivity index (χ4n) is 1.65. The fraction of sp³-hybridized carbons (Fsp3) is 0.364. The molecule has 0 spiro atoms. The minimum absolute atomic E-state index is 0.169. The summed E-state index contributed by atoms with van der Waals surface area (Å²) in [5.41, 5.74) is 0.735. The van der Waals surface area contributed by atoms with Crippen LogP contribution in [0, 0.1) is 0 Å². The molecule has 0 bridgehead atoms. The van der Waals surface area contributed by atoms with Gasteiger partial charge in [0, 0.05) is 0 Å². The fourth-order valence-corrected chi connectivity index (χ4v) is 1.81. The molecule has 0 aliphatic heterocycles. The van der Waals surface area contributed by atoms with Gasteiger partial charge in [-0.2, -0.15) is 0 Å². The molecule has 7 nitrogen and oxygen atoms in total. The van der Waals surface area contributed by atoms with E-state index in [4.69, 9.17) is 4.74 Å². The Morgan fingerprint density at radius 1 is 1.47 bits per heavy atom. The van der Waals surface area contributed by atoms with E-state index < -0.39 is 0 Å². The number of aliphatic imine (C=N–C) groups is 1. The summed E-state index contributed by atoms with van der Waals surface area (Å²) < 4.78 is 9.21. The summed E-state index contributed by atoms with van der Waals surface area (Å²) in [7, 11) is 3.38. The van der Waals surface area contributed by atoms with Gasteiger partial charge in [0.1, 0.15) is 0 Å². The van der Waals surface area contributed by atoms with Crippen LogP contribution in [0.25, 0.3) is 11.2 Å². The van der Waals surface area contributed by atoms with Crippen LogP contribution in [-0.4, -0.2) is 36.5 Å². The van der Waals surface area contributed by atoms with Crippen molar-refractivity contribution in [3.8, 4) is 0 Å². The second kappa shape index (κ2) is 5.50. The van der Waals surface area contributed by atoms with Gasteiger partial charge in [0.2, 0.25) is 0 Å². The third-order valence-corrected chi connectivity index (χ3v) is 2.66. The maximum absolute atomic E-state index is 12.3. The molecule has 2 rings (SSSR count). The molecular formula is C11H13N5O2V. The molecule has 0 aliphatic carbocycles. The second-order valence-electron chi connectivity index (χ2n) is 3.94. The van der Waals surface area contributed by atoms with E-state index in [-0.39, 0.29) is 12.1 Å². The number of nitrogens with zero attached hydrogens (tertiary/aromatic N) is 5. The van der Waals surface area contributed by atoms with Crippen LogP contribution in [0.1, 0.15) is 6.92 Å². The monoisotopic (exact) mass is 298 g/mol. The molecule has 2 aromatic rings. The van der Waals surface area contributed by atoms with E-state index in [1.807, 2.05) is 0 Å². The van der Waals surface area contributed by atoms with Crippen LogP contribution >= 0.6 is 0 Å². The first kappa shape index (κ1) is 13.7. The third kappa shape index (κ3) is 2.82. The predicted molar refractivity (Wildman–Crippen MR) is 67.9 cm³/mol. The van der Waals surface area contributed by atoms with Crippen LogP contribution in [0.15, 0.2) is 22.4 Å². The SMILES string of the molecule is CN=C(Cn1cnc2ncn(C)c2c1=O)O[C](C)=[V]. The quantitative estimate of drug-likeness (QED) is 0.584. The summed E-state index contributed by atoms with van der Waals surface area (Å²) in [6.45, 7) is 2.04. The molecule has 0 saturated carbocycles. The van der Waals surface area contributed by atoms with Crippen molar-refractivity contribution in [2.75, 3.05) is 7.05 Å². The summed E-state index contributed by atoms with van der Waals surface area (Å²) in [5, 5.41) is 0. The first-order valence-electron chi connectivity index (χ1n) is 5.55. The molecular weight excluding hydrogens is 285 g/mol. The Kier molecular flexibility index (Phi) is 3.97. The number of rotatable bonds is 3. The maximum atomic E-state index is 12.3. The number of imidazole rings is 1. The van der Waals surface area contributed by atoms with Gasteiger partial charge in [0.05, 0.1) is 0 Å². The number of ether oxygens (including phenoxy) is 1. The van der Waals surface area contributed by atoms with Crippen LogP contribution in [0.3, 0.4) is 0 Å². The zero-order valence-electron chi connectivity index (χ0n) is 10.9. The zero-order chi connectivity index (χ0) is 14.0. The van der Waals surface area contributed by atoms with Crippen molar-refractivity contribution < 1.29 is 21.7 Å². The van der Waals surface area contributed by atoms with Crippen molar-refractivity contribution >= 4 is 21.5 Å². The molecule has 0 fully saturated rings. The van der Waals surface area contributed by atoms with Crippen molar-refractivity contribution in [3.63, 3.8) is 0 Å². The zero-order valence-corrected chi connectivity index (χ0v) is 12.3. The van der Waals surface area contributed by atoms with Gasteiger partial charge >= 0.3 is 118 Å². The molecule has 19 heavy (non-hydrogen) atoms. The van der Waals surface area contributed by atoms with Gasteiger partial charge in [0.25, 0.3) is 0 Å². The van der Waals surface area contributed by atoms with Gasteiger partial charge in [-0.3, -0.25) is 0 Å². The Morgan fingerprint density at radius 2 is 2.16 bits per heavy atom. The molecule has 0 N–H and O–H groups in total. The normalized spacial score (nSPS) is 11.8. The summed E-state index contributed by atoms with van der Waals surface area (Å²) >= 11 is 2.28. The van der Waals surface area contributed by atoms with Crippen LogP contribution < -0.4 is 5.56 Å². The molecule has 0 atom stereocenters. The van der Waals surface area contributed by atoms with Gasteiger partial charge in [-0.1, -0.05) is 0 Å². The number of fused-ring (bicyclic) bond motifs is 1. The van der Waals surface area contributed by atoms with E-state index in [0.717, 1.165) is 0 Å². The Hall–Kier alpha value is -1.73. The number of hydrogen-bond donors (Lipinski definition) is 0. The van der Waals surface area contributed by atoms with Crippen molar-refractivity contribution in [2.45, 2.75) is 13.5 Å². The molecule has 99 valence electrons. The van der Waals surface area contributed by atoms with Crippen molar-refractivity contribution in [1.29, 1.82) is 0 Å². The number of aromatic nitrogens is 4. The van der Waals surface area contributed by atoms with Crippen molar-refractivity contribution in [3.05, 3.63) is 23.0 Å². The Labute approximate surface area is 118 Å². The van der Waals surface area contributed by atoms with E-state index >= 15 is 0 Å². The van der Waals surface area contributed by atoms with Crippen LogP contribution in [0.2, 0.25) is 0 Å². The Balaban J connectivity index is 2.41. The first-order chi connectivity index (χ1) is 9.02. The van der Waals surface area contributed by atoms with Gasteiger partial charge in [-0.25, -0.2) is 0 Å². The molecule has 8 heteroatoms. The minimum atomic E-state index is -0.169. The second-order valence-corrected chi connectivity index (χ2v) is 4.93. The van der Waals surface area contributed by atoms with Crippen LogP contribution in [0.4, 0.5) is 0 Å². The topological polar surface area (TPSA) is 74.3 Å². The summed E-state index contributed by atoms with van der Waals surface area (Å²) in [6, 6.07) is 0. The summed E-state index contributed by atoms with van der Waals surface area (Å²) in [6.07, 6.45) is 3.02. The molecule has 0 radical (unpaired) electrons.